The number of halogens is 1. The van der Waals surface area contributed by atoms with Gasteiger partial charge in [-0.15, -0.1) is 0 Å². The van der Waals surface area contributed by atoms with E-state index in [1.54, 1.807) is 18.0 Å². The predicted molar refractivity (Wildman–Crippen MR) is 102 cm³/mol. The van der Waals surface area contributed by atoms with Crippen molar-refractivity contribution in [1.29, 1.82) is 0 Å². The van der Waals surface area contributed by atoms with Gasteiger partial charge in [0.05, 0.1) is 23.8 Å². The van der Waals surface area contributed by atoms with Crippen LogP contribution in [0.1, 0.15) is 12.7 Å². The highest BCUT2D eigenvalue weighted by molar-refractivity contribution is 7.98. The minimum Gasteiger partial charge on any atom is -0.486 e. The molecule has 0 saturated carbocycles. The zero-order valence-corrected chi connectivity index (χ0v) is 16.2. The van der Waals surface area contributed by atoms with Gasteiger partial charge in [0.15, 0.2) is 16.7 Å². The second kappa shape index (κ2) is 7.25. The Kier molecular flexibility index (Phi) is 4.82. The molecule has 0 spiro atoms. The Morgan fingerprint density at radius 2 is 1.96 bits per heavy atom. The summed E-state index contributed by atoms with van der Waals surface area (Å²) < 4.78 is 15.4. The van der Waals surface area contributed by atoms with Crippen molar-refractivity contribution in [3.63, 3.8) is 0 Å². The number of nitrogens with zero attached hydrogens (tertiary/aromatic N) is 4. The van der Waals surface area contributed by atoms with Gasteiger partial charge in [0, 0.05) is 19.2 Å². The summed E-state index contributed by atoms with van der Waals surface area (Å²) in [6.45, 7) is 4.12. The van der Waals surface area contributed by atoms with Crippen molar-refractivity contribution >= 4 is 23.4 Å². The van der Waals surface area contributed by atoms with Crippen LogP contribution >= 0.6 is 23.4 Å². The quantitative estimate of drug-likeness (QED) is 0.616. The number of hydrogen-bond acceptors (Lipinski definition) is 5. The third kappa shape index (κ3) is 3.17. The lowest BCUT2D eigenvalue weighted by Crippen LogP contribution is -2.15. The van der Waals surface area contributed by atoms with E-state index in [1.165, 1.54) is 0 Å². The fourth-order valence-electron chi connectivity index (χ4n) is 2.90. The van der Waals surface area contributed by atoms with E-state index in [0.29, 0.717) is 24.1 Å². The Labute approximate surface area is 161 Å². The van der Waals surface area contributed by atoms with E-state index in [0.717, 1.165) is 40.3 Å². The topological polar surface area (TPSA) is 54.1 Å². The number of fused-ring (bicyclic) bond motifs is 1. The van der Waals surface area contributed by atoms with Crippen LogP contribution in [0.2, 0.25) is 5.15 Å². The van der Waals surface area contributed by atoms with E-state index in [4.69, 9.17) is 21.1 Å². The van der Waals surface area contributed by atoms with E-state index >= 15 is 0 Å². The Morgan fingerprint density at radius 3 is 2.69 bits per heavy atom. The van der Waals surface area contributed by atoms with Gasteiger partial charge >= 0.3 is 0 Å². The summed E-state index contributed by atoms with van der Waals surface area (Å²) in [6.07, 6.45) is 3.58. The molecule has 1 aliphatic rings. The lowest BCUT2D eigenvalue weighted by atomic mass is 10.1. The Morgan fingerprint density at radius 1 is 1.15 bits per heavy atom. The molecule has 0 radical (unpaired) electrons. The van der Waals surface area contributed by atoms with Crippen molar-refractivity contribution in [2.24, 2.45) is 7.05 Å². The molecule has 8 heteroatoms. The monoisotopic (exact) mass is 390 g/mol. The number of imidazole rings is 2. The van der Waals surface area contributed by atoms with Crippen molar-refractivity contribution in [2.75, 3.05) is 13.2 Å². The van der Waals surface area contributed by atoms with E-state index in [2.05, 4.69) is 21.5 Å². The van der Waals surface area contributed by atoms with Gasteiger partial charge in [-0.1, -0.05) is 23.4 Å². The summed E-state index contributed by atoms with van der Waals surface area (Å²) >= 11 is 7.71. The normalized spacial score (nSPS) is 13.2. The molecule has 0 aliphatic carbocycles. The predicted octanol–water partition coefficient (Wildman–Crippen LogP) is 4.02. The van der Waals surface area contributed by atoms with Gasteiger partial charge < -0.3 is 18.6 Å². The zero-order valence-electron chi connectivity index (χ0n) is 14.6. The van der Waals surface area contributed by atoms with E-state index in [9.17, 15) is 0 Å². The molecule has 0 bridgehead atoms. The van der Waals surface area contributed by atoms with Crippen molar-refractivity contribution in [3.05, 3.63) is 41.6 Å². The van der Waals surface area contributed by atoms with Crippen LogP contribution < -0.4 is 9.47 Å². The van der Waals surface area contributed by atoms with E-state index < -0.39 is 0 Å². The third-order valence-corrected chi connectivity index (χ3v) is 5.67. The van der Waals surface area contributed by atoms with Gasteiger partial charge in [-0.25, -0.2) is 9.97 Å². The maximum atomic E-state index is 6.06. The Hall–Kier alpha value is -2.12. The summed E-state index contributed by atoms with van der Waals surface area (Å²) in [5.74, 6) is 3.21. The van der Waals surface area contributed by atoms with Gasteiger partial charge in [0.25, 0.3) is 0 Å². The molecule has 4 rings (SSSR count). The van der Waals surface area contributed by atoms with Crippen LogP contribution in [0.4, 0.5) is 0 Å². The highest BCUT2D eigenvalue weighted by Gasteiger charge is 2.16. The second-order valence-corrected chi connectivity index (χ2v) is 7.20. The molecule has 6 nitrogen and oxygen atoms in total. The van der Waals surface area contributed by atoms with Gasteiger partial charge in [-0.3, -0.25) is 0 Å². The lowest BCUT2D eigenvalue weighted by Gasteiger charge is -2.19. The molecule has 0 fully saturated rings. The van der Waals surface area contributed by atoms with Crippen LogP contribution in [-0.2, 0) is 19.3 Å². The third-order valence-electron chi connectivity index (χ3n) is 4.33. The summed E-state index contributed by atoms with van der Waals surface area (Å²) in [4.78, 5) is 8.95. The van der Waals surface area contributed by atoms with E-state index in [1.807, 2.05) is 36.0 Å². The molecule has 0 N–H and O–H groups in total. The van der Waals surface area contributed by atoms with Gasteiger partial charge in [-0.05, 0) is 25.1 Å². The first-order valence-corrected chi connectivity index (χ1v) is 9.78. The van der Waals surface area contributed by atoms with Crippen LogP contribution in [-0.4, -0.2) is 32.3 Å². The number of thioether (sulfide) groups is 1. The minimum atomic E-state index is 0.580. The Bertz CT molecular complexity index is 937. The van der Waals surface area contributed by atoms with Crippen molar-refractivity contribution in [2.45, 2.75) is 24.4 Å². The first-order chi connectivity index (χ1) is 12.7. The van der Waals surface area contributed by atoms with Crippen LogP contribution in [0.15, 0.2) is 35.7 Å². The highest BCUT2D eigenvalue weighted by Crippen LogP contribution is 2.36. The van der Waals surface area contributed by atoms with Crippen LogP contribution in [0.3, 0.4) is 0 Å². The van der Waals surface area contributed by atoms with Crippen LogP contribution in [0.25, 0.3) is 11.3 Å². The molecule has 0 saturated heterocycles. The molecule has 0 atom stereocenters. The maximum Gasteiger partial charge on any atom is 0.168 e. The summed E-state index contributed by atoms with van der Waals surface area (Å²) in [5, 5.41) is 1.59. The van der Waals surface area contributed by atoms with Crippen molar-refractivity contribution in [3.8, 4) is 22.8 Å². The molecule has 0 unspecified atom stereocenters. The van der Waals surface area contributed by atoms with Gasteiger partial charge in [0.1, 0.15) is 24.2 Å². The van der Waals surface area contributed by atoms with Crippen molar-refractivity contribution in [1.82, 2.24) is 19.1 Å². The average molecular weight is 391 g/mol. The number of benzene rings is 1. The fourth-order valence-corrected chi connectivity index (χ4v) is 4.08. The maximum absolute atomic E-state index is 6.06. The summed E-state index contributed by atoms with van der Waals surface area (Å²) in [5.41, 5.74) is 2.13. The smallest absolute Gasteiger partial charge is 0.168 e. The van der Waals surface area contributed by atoms with Crippen LogP contribution in [0, 0.1) is 0 Å². The van der Waals surface area contributed by atoms with Gasteiger partial charge in [0.2, 0.25) is 0 Å². The lowest BCUT2D eigenvalue weighted by molar-refractivity contribution is 0.171. The van der Waals surface area contributed by atoms with E-state index in [-0.39, 0.29) is 0 Å². The Balaban J connectivity index is 1.59. The number of rotatable bonds is 5. The molecule has 0 amide bonds. The molecule has 3 aromatic rings. The standard InChI is InChI=1S/C18H19ClN4O2S/c1-3-23-13(12-4-5-14-15(8-12)25-7-6-24-14)9-21-18(23)26-11-17-20-10-16(19)22(17)2/h4-5,8-10H,3,6-7,11H2,1-2H3. The fraction of sp³-hybridized carbons (Fsp3) is 0.333. The van der Waals surface area contributed by atoms with Crippen LogP contribution in [0.5, 0.6) is 11.5 Å². The first kappa shape index (κ1) is 17.3. The number of aromatic nitrogens is 4. The molecule has 2 aromatic heterocycles. The summed E-state index contributed by atoms with van der Waals surface area (Å²) in [7, 11) is 1.91. The molecular formula is C18H19ClN4O2S. The number of hydrogen-bond donors (Lipinski definition) is 0. The molecule has 1 aromatic carbocycles. The van der Waals surface area contributed by atoms with Crippen molar-refractivity contribution < 1.29 is 9.47 Å². The van der Waals surface area contributed by atoms with Gasteiger partial charge in [-0.2, -0.15) is 0 Å². The molecular weight excluding hydrogens is 372 g/mol. The number of ether oxygens (including phenoxy) is 2. The molecule has 1 aliphatic heterocycles. The molecule has 26 heavy (non-hydrogen) atoms. The molecule has 136 valence electrons. The average Bonchev–Trinajstić information content (AvgIpc) is 3.23. The first-order valence-electron chi connectivity index (χ1n) is 8.41. The minimum absolute atomic E-state index is 0.580. The molecule has 3 heterocycles. The highest BCUT2D eigenvalue weighted by atomic mass is 35.5. The summed E-state index contributed by atoms with van der Waals surface area (Å²) in [6, 6.07) is 6.02. The second-order valence-electron chi connectivity index (χ2n) is 5.87. The largest absolute Gasteiger partial charge is 0.486 e. The zero-order chi connectivity index (χ0) is 18.1. The SMILES string of the molecule is CCn1c(-c2ccc3c(c2)OCCO3)cnc1SCc1ncc(Cl)n1C.